The SMILES string of the molecule is O=C(O)c1c(NS(=O)c2ccc(F)cc2C=CCN2CCC(O)CC2)ccc2c1OCC1CC21. The van der Waals surface area contributed by atoms with E-state index in [-0.39, 0.29) is 17.4 Å². The van der Waals surface area contributed by atoms with Crippen molar-refractivity contribution in [2.24, 2.45) is 5.92 Å². The molecule has 0 aromatic heterocycles. The van der Waals surface area contributed by atoms with Gasteiger partial charge < -0.3 is 19.7 Å². The second-order valence-electron chi connectivity index (χ2n) is 9.11. The molecule has 180 valence electrons. The van der Waals surface area contributed by atoms with E-state index in [0.717, 1.165) is 37.9 Å². The lowest BCUT2D eigenvalue weighted by Crippen LogP contribution is -2.35. The minimum Gasteiger partial charge on any atom is -0.492 e. The monoisotopic (exact) mass is 486 g/mol. The van der Waals surface area contributed by atoms with Gasteiger partial charge in [0.05, 0.1) is 23.3 Å². The lowest BCUT2D eigenvalue weighted by atomic mass is 10.0. The predicted molar refractivity (Wildman–Crippen MR) is 127 cm³/mol. The Balaban J connectivity index is 1.36. The Morgan fingerprint density at radius 1 is 1.26 bits per heavy atom. The topological polar surface area (TPSA) is 99.1 Å². The van der Waals surface area contributed by atoms with Crippen molar-refractivity contribution in [1.29, 1.82) is 0 Å². The summed E-state index contributed by atoms with van der Waals surface area (Å²) in [5.74, 6) is -0.474. The number of ether oxygens (including phenoxy) is 1. The normalized spacial score (nSPS) is 23.1. The van der Waals surface area contributed by atoms with E-state index in [1.165, 1.54) is 18.2 Å². The van der Waals surface area contributed by atoms with Crippen LogP contribution in [-0.2, 0) is 11.0 Å². The Hall–Kier alpha value is -2.75. The molecule has 1 aliphatic carbocycles. The molecule has 34 heavy (non-hydrogen) atoms. The van der Waals surface area contributed by atoms with Crippen LogP contribution in [0.4, 0.5) is 10.1 Å². The Morgan fingerprint density at radius 2 is 2.06 bits per heavy atom. The first-order valence-corrected chi connectivity index (χ1v) is 12.6. The fraction of sp³-hybridized carbons (Fsp3) is 0.400. The standard InChI is InChI=1S/C25H27FN2O5S/c26-17-3-6-22(15(12-17)2-1-9-28-10-7-18(29)8-11-28)34(32)27-21-5-4-19-20-13-16(20)14-33-24(19)23(21)25(30)31/h1-6,12,16,18,20,27,29H,7-11,13-14H2,(H,30,31). The summed E-state index contributed by atoms with van der Waals surface area (Å²) in [5.41, 5.74) is 1.52. The van der Waals surface area contributed by atoms with Crippen molar-refractivity contribution < 1.29 is 28.3 Å². The van der Waals surface area contributed by atoms with Gasteiger partial charge in [0.1, 0.15) is 17.1 Å². The zero-order chi connectivity index (χ0) is 23.8. The number of nitrogens with one attached hydrogen (secondary N) is 1. The fourth-order valence-corrected chi connectivity index (χ4v) is 5.76. The number of anilines is 1. The second kappa shape index (κ2) is 9.48. The number of aliphatic hydroxyl groups excluding tert-OH is 1. The summed E-state index contributed by atoms with van der Waals surface area (Å²) in [4.78, 5) is 14.6. The van der Waals surface area contributed by atoms with Gasteiger partial charge in [0.15, 0.2) is 11.0 Å². The van der Waals surface area contributed by atoms with Crippen LogP contribution in [0.25, 0.3) is 6.08 Å². The van der Waals surface area contributed by atoms with Crippen LogP contribution in [0.2, 0.25) is 0 Å². The molecule has 5 rings (SSSR count). The third-order valence-electron chi connectivity index (χ3n) is 6.76. The van der Waals surface area contributed by atoms with E-state index in [1.54, 1.807) is 12.1 Å². The molecule has 9 heteroatoms. The maximum Gasteiger partial charge on any atom is 0.341 e. The zero-order valence-electron chi connectivity index (χ0n) is 18.6. The smallest absolute Gasteiger partial charge is 0.341 e. The van der Waals surface area contributed by atoms with Gasteiger partial charge in [-0.3, -0.25) is 4.90 Å². The lowest BCUT2D eigenvalue weighted by Gasteiger charge is -2.28. The van der Waals surface area contributed by atoms with E-state index in [0.29, 0.717) is 41.2 Å². The summed E-state index contributed by atoms with van der Waals surface area (Å²) in [7, 11) is -1.83. The summed E-state index contributed by atoms with van der Waals surface area (Å²) in [6.45, 7) is 2.70. The Labute approximate surface area is 199 Å². The van der Waals surface area contributed by atoms with Crippen LogP contribution in [0.5, 0.6) is 5.75 Å². The molecule has 1 saturated carbocycles. The molecule has 0 bridgehead atoms. The van der Waals surface area contributed by atoms with E-state index in [1.807, 2.05) is 12.1 Å². The average Bonchev–Trinajstić information content (AvgIpc) is 3.60. The highest BCUT2D eigenvalue weighted by Gasteiger charge is 2.45. The van der Waals surface area contributed by atoms with Gasteiger partial charge in [0, 0.05) is 25.6 Å². The maximum atomic E-state index is 14.0. The molecule has 7 nitrogen and oxygen atoms in total. The van der Waals surface area contributed by atoms with Gasteiger partial charge in [-0.1, -0.05) is 18.2 Å². The highest BCUT2D eigenvalue weighted by Crippen LogP contribution is 2.55. The number of carbonyl (C=O) groups is 1. The number of carboxylic acid groups (broad SMARTS) is 1. The van der Waals surface area contributed by atoms with Crippen LogP contribution in [0.1, 0.15) is 46.7 Å². The van der Waals surface area contributed by atoms with Crippen LogP contribution in [0.15, 0.2) is 41.3 Å². The van der Waals surface area contributed by atoms with Crippen LogP contribution < -0.4 is 9.46 Å². The molecule has 2 fully saturated rings. The minimum atomic E-state index is -1.83. The molecule has 2 heterocycles. The van der Waals surface area contributed by atoms with E-state index >= 15 is 0 Å². The van der Waals surface area contributed by atoms with Gasteiger partial charge in [-0.25, -0.2) is 13.4 Å². The lowest BCUT2D eigenvalue weighted by molar-refractivity contribution is 0.0692. The largest absolute Gasteiger partial charge is 0.492 e. The van der Waals surface area contributed by atoms with E-state index in [9.17, 15) is 23.6 Å². The number of benzene rings is 2. The van der Waals surface area contributed by atoms with Gasteiger partial charge in [0.2, 0.25) is 0 Å². The van der Waals surface area contributed by atoms with Crippen molar-refractivity contribution in [3.8, 4) is 5.75 Å². The number of halogens is 1. The third-order valence-corrected chi connectivity index (χ3v) is 7.93. The molecular formula is C25H27FN2O5S. The van der Waals surface area contributed by atoms with Gasteiger partial charge in [-0.15, -0.1) is 0 Å². The first-order valence-electron chi connectivity index (χ1n) is 11.5. The molecule has 0 amide bonds. The average molecular weight is 487 g/mol. The van der Waals surface area contributed by atoms with E-state index < -0.39 is 22.8 Å². The van der Waals surface area contributed by atoms with Crippen molar-refractivity contribution in [1.82, 2.24) is 4.90 Å². The van der Waals surface area contributed by atoms with Gasteiger partial charge in [-0.2, -0.15) is 0 Å². The van der Waals surface area contributed by atoms with Crippen molar-refractivity contribution in [3.05, 3.63) is 58.9 Å². The quantitative estimate of drug-likeness (QED) is 0.553. The number of rotatable bonds is 7. The van der Waals surface area contributed by atoms with Crippen LogP contribution >= 0.6 is 0 Å². The summed E-state index contributed by atoms with van der Waals surface area (Å²) >= 11 is 0. The molecule has 0 radical (unpaired) electrons. The summed E-state index contributed by atoms with van der Waals surface area (Å²) < 4.78 is 35.8. The molecule has 2 aromatic rings. The van der Waals surface area contributed by atoms with Crippen molar-refractivity contribution in [2.75, 3.05) is 31.0 Å². The van der Waals surface area contributed by atoms with Crippen LogP contribution in [-0.4, -0.2) is 57.6 Å². The van der Waals surface area contributed by atoms with Gasteiger partial charge in [-0.05, 0) is 60.6 Å². The maximum absolute atomic E-state index is 14.0. The Bertz CT molecular complexity index is 1160. The molecule has 2 aliphatic heterocycles. The summed E-state index contributed by atoms with van der Waals surface area (Å²) in [6, 6.07) is 7.46. The Morgan fingerprint density at radius 3 is 2.82 bits per heavy atom. The first kappa shape index (κ1) is 23.0. The first-order chi connectivity index (χ1) is 16.4. The molecule has 3 atom stereocenters. The molecular weight excluding hydrogens is 459 g/mol. The second-order valence-corrected chi connectivity index (χ2v) is 10.3. The van der Waals surface area contributed by atoms with E-state index in [2.05, 4.69) is 9.62 Å². The summed E-state index contributed by atoms with van der Waals surface area (Å²) in [5, 5.41) is 19.5. The molecule has 1 saturated heterocycles. The number of nitrogens with zero attached hydrogens (tertiary/aromatic N) is 1. The number of fused-ring (bicyclic) bond motifs is 3. The number of piperidine rings is 1. The third kappa shape index (κ3) is 4.73. The van der Waals surface area contributed by atoms with Crippen molar-refractivity contribution >= 4 is 28.7 Å². The number of hydrogen-bond donors (Lipinski definition) is 3. The number of carboxylic acids is 1. The van der Waals surface area contributed by atoms with Crippen LogP contribution in [0.3, 0.4) is 0 Å². The molecule has 2 aromatic carbocycles. The van der Waals surface area contributed by atoms with Crippen molar-refractivity contribution in [3.63, 3.8) is 0 Å². The molecule has 3 N–H and O–H groups in total. The number of aromatic carboxylic acids is 1. The zero-order valence-corrected chi connectivity index (χ0v) is 19.4. The number of aliphatic hydroxyl groups is 1. The van der Waals surface area contributed by atoms with Crippen molar-refractivity contribution in [2.45, 2.75) is 36.2 Å². The van der Waals surface area contributed by atoms with Crippen LogP contribution in [0, 0.1) is 11.7 Å². The number of hydrogen-bond acceptors (Lipinski definition) is 5. The Kier molecular flexibility index (Phi) is 6.42. The highest BCUT2D eigenvalue weighted by molar-refractivity contribution is 7.86. The predicted octanol–water partition coefficient (Wildman–Crippen LogP) is 3.62. The molecule has 3 unspecified atom stereocenters. The van der Waals surface area contributed by atoms with Gasteiger partial charge >= 0.3 is 5.97 Å². The highest BCUT2D eigenvalue weighted by atomic mass is 32.2. The fourth-order valence-electron chi connectivity index (χ4n) is 4.75. The molecule has 0 spiro atoms. The number of likely N-dealkylation sites (tertiary alicyclic amines) is 1. The van der Waals surface area contributed by atoms with Gasteiger partial charge in [0.25, 0.3) is 0 Å². The minimum absolute atomic E-state index is 0.0253. The summed E-state index contributed by atoms with van der Waals surface area (Å²) in [6.07, 6.45) is 5.81. The molecule has 3 aliphatic rings. The van der Waals surface area contributed by atoms with E-state index in [4.69, 9.17) is 4.74 Å².